The van der Waals surface area contributed by atoms with Gasteiger partial charge in [-0.3, -0.25) is 4.79 Å². The Kier molecular flexibility index (Phi) is 6.27. The Balaban J connectivity index is 3.15. The van der Waals surface area contributed by atoms with Gasteiger partial charge < -0.3 is 10.6 Å². The average Bonchev–Trinajstić information content (AvgIpc) is 2.42. The first-order chi connectivity index (χ1) is 9.52. The van der Waals surface area contributed by atoms with E-state index in [0.29, 0.717) is 6.54 Å². The van der Waals surface area contributed by atoms with E-state index in [1.54, 1.807) is 0 Å². The number of hydrogen-bond acceptors (Lipinski definition) is 2. The minimum absolute atomic E-state index is 0.0794. The molecule has 1 aromatic rings. The standard InChI is InChI=1S/C17H24N2O/c1-5-12-19(13(2)3)17(20)16-10-6-8-15(14(16)4)9-7-11-18/h6,8,10,13H,5,11-12,18H2,1-4H3. The van der Waals surface area contributed by atoms with Crippen LogP contribution >= 0.6 is 0 Å². The van der Waals surface area contributed by atoms with E-state index < -0.39 is 0 Å². The van der Waals surface area contributed by atoms with Crippen LogP contribution in [0.2, 0.25) is 0 Å². The third kappa shape index (κ3) is 3.85. The van der Waals surface area contributed by atoms with E-state index in [1.165, 1.54) is 0 Å². The maximum absolute atomic E-state index is 12.7. The lowest BCUT2D eigenvalue weighted by Crippen LogP contribution is -2.37. The number of benzene rings is 1. The van der Waals surface area contributed by atoms with Gasteiger partial charge in [0.25, 0.3) is 5.91 Å². The Bertz CT molecular complexity index is 524. The van der Waals surface area contributed by atoms with Gasteiger partial charge in [0.15, 0.2) is 0 Å². The molecule has 20 heavy (non-hydrogen) atoms. The van der Waals surface area contributed by atoms with Crippen molar-refractivity contribution in [3.63, 3.8) is 0 Å². The van der Waals surface area contributed by atoms with Gasteiger partial charge >= 0.3 is 0 Å². The van der Waals surface area contributed by atoms with Crippen LogP contribution in [0, 0.1) is 18.8 Å². The first-order valence-corrected chi connectivity index (χ1v) is 7.12. The summed E-state index contributed by atoms with van der Waals surface area (Å²) in [4.78, 5) is 14.6. The predicted molar refractivity (Wildman–Crippen MR) is 83.6 cm³/mol. The van der Waals surface area contributed by atoms with Crippen LogP contribution in [0.3, 0.4) is 0 Å². The summed E-state index contributed by atoms with van der Waals surface area (Å²) < 4.78 is 0. The molecule has 0 fully saturated rings. The molecule has 0 aliphatic heterocycles. The number of carbonyl (C=O) groups excluding carboxylic acids is 1. The molecule has 1 aromatic carbocycles. The van der Waals surface area contributed by atoms with E-state index >= 15 is 0 Å². The molecular weight excluding hydrogens is 248 g/mol. The van der Waals surface area contributed by atoms with Crippen molar-refractivity contribution in [1.29, 1.82) is 0 Å². The van der Waals surface area contributed by atoms with E-state index in [-0.39, 0.29) is 11.9 Å². The highest BCUT2D eigenvalue weighted by Crippen LogP contribution is 2.17. The SMILES string of the molecule is CCCN(C(=O)c1cccc(C#CCN)c1C)C(C)C. The largest absolute Gasteiger partial charge is 0.336 e. The first kappa shape index (κ1) is 16.3. The van der Waals surface area contributed by atoms with Crippen molar-refractivity contribution in [2.75, 3.05) is 13.1 Å². The molecule has 0 aliphatic rings. The lowest BCUT2D eigenvalue weighted by molar-refractivity contribution is 0.0705. The molecule has 2 N–H and O–H groups in total. The van der Waals surface area contributed by atoms with Gasteiger partial charge in [-0.25, -0.2) is 0 Å². The van der Waals surface area contributed by atoms with Gasteiger partial charge in [-0.05, 0) is 44.9 Å². The Labute approximate surface area is 122 Å². The van der Waals surface area contributed by atoms with Crippen LogP contribution in [0.5, 0.6) is 0 Å². The topological polar surface area (TPSA) is 46.3 Å². The molecule has 1 amide bonds. The summed E-state index contributed by atoms with van der Waals surface area (Å²) in [6, 6.07) is 5.87. The molecule has 0 spiro atoms. The zero-order valence-electron chi connectivity index (χ0n) is 12.9. The summed E-state index contributed by atoms with van der Waals surface area (Å²) in [6.07, 6.45) is 0.954. The molecule has 0 aromatic heterocycles. The summed E-state index contributed by atoms with van der Waals surface area (Å²) in [5.41, 5.74) is 7.94. The van der Waals surface area contributed by atoms with Crippen LogP contribution in [-0.4, -0.2) is 29.9 Å². The molecule has 0 atom stereocenters. The zero-order valence-corrected chi connectivity index (χ0v) is 12.9. The smallest absolute Gasteiger partial charge is 0.254 e. The molecule has 0 saturated carbocycles. The summed E-state index contributed by atoms with van der Waals surface area (Å²) in [5, 5.41) is 0. The monoisotopic (exact) mass is 272 g/mol. The van der Waals surface area contributed by atoms with Gasteiger partial charge in [0, 0.05) is 23.7 Å². The molecule has 0 unspecified atom stereocenters. The van der Waals surface area contributed by atoms with Crippen LogP contribution in [0.1, 0.15) is 48.7 Å². The van der Waals surface area contributed by atoms with E-state index in [1.807, 2.05) is 43.9 Å². The number of nitrogens with two attached hydrogens (primary N) is 1. The normalized spacial score (nSPS) is 10.1. The van der Waals surface area contributed by atoms with Crippen LogP contribution < -0.4 is 5.73 Å². The van der Waals surface area contributed by atoms with Crippen LogP contribution in [-0.2, 0) is 0 Å². The average molecular weight is 272 g/mol. The molecule has 0 saturated heterocycles. The minimum atomic E-state index is 0.0794. The van der Waals surface area contributed by atoms with Crippen molar-refractivity contribution in [2.45, 2.75) is 40.2 Å². The summed E-state index contributed by atoms with van der Waals surface area (Å²) >= 11 is 0. The Hall–Kier alpha value is -1.79. The highest BCUT2D eigenvalue weighted by molar-refractivity contribution is 5.96. The third-order valence-electron chi connectivity index (χ3n) is 3.24. The molecule has 0 radical (unpaired) electrons. The van der Waals surface area contributed by atoms with Crippen molar-refractivity contribution in [3.05, 3.63) is 34.9 Å². The fourth-order valence-electron chi connectivity index (χ4n) is 2.14. The fraction of sp³-hybridized carbons (Fsp3) is 0.471. The second-order valence-electron chi connectivity index (χ2n) is 5.08. The van der Waals surface area contributed by atoms with Crippen LogP contribution in [0.4, 0.5) is 0 Å². The van der Waals surface area contributed by atoms with Crippen molar-refractivity contribution < 1.29 is 4.79 Å². The zero-order chi connectivity index (χ0) is 15.1. The predicted octanol–water partition coefficient (Wildman–Crippen LogP) is 2.57. The second-order valence-corrected chi connectivity index (χ2v) is 5.08. The molecule has 0 heterocycles. The van der Waals surface area contributed by atoms with E-state index in [9.17, 15) is 4.79 Å². The highest BCUT2D eigenvalue weighted by Gasteiger charge is 2.20. The Morgan fingerprint density at radius 1 is 1.40 bits per heavy atom. The molecule has 0 aliphatic carbocycles. The molecule has 3 heteroatoms. The van der Waals surface area contributed by atoms with Crippen molar-refractivity contribution >= 4 is 5.91 Å². The maximum Gasteiger partial charge on any atom is 0.254 e. The van der Waals surface area contributed by atoms with Crippen LogP contribution in [0.25, 0.3) is 0 Å². The number of amides is 1. The van der Waals surface area contributed by atoms with Gasteiger partial charge in [-0.15, -0.1) is 0 Å². The van der Waals surface area contributed by atoms with Crippen molar-refractivity contribution in [1.82, 2.24) is 4.90 Å². The summed E-state index contributed by atoms with van der Waals surface area (Å²) in [7, 11) is 0. The summed E-state index contributed by atoms with van der Waals surface area (Å²) in [5.74, 6) is 5.94. The maximum atomic E-state index is 12.7. The number of nitrogens with zero attached hydrogens (tertiary/aromatic N) is 1. The lowest BCUT2D eigenvalue weighted by atomic mass is 10.0. The van der Waals surface area contributed by atoms with Gasteiger partial charge in [-0.2, -0.15) is 0 Å². The molecular formula is C17H24N2O. The lowest BCUT2D eigenvalue weighted by Gasteiger charge is -2.27. The van der Waals surface area contributed by atoms with Gasteiger partial charge in [-0.1, -0.05) is 24.8 Å². The number of carbonyl (C=O) groups is 1. The van der Waals surface area contributed by atoms with E-state index in [4.69, 9.17) is 5.73 Å². The van der Waals surface area contributed by atoms with E-state index in [2.05, 4.69) is 18.8 Å². The summed E-state index contributed by atoms with van der Waals surface area (Å²) in [6.45, 7) is 9.21. The minimum Gasteiger partial charge on any atom is -0.336 e. The Morgan fingerprint density at radius 3 is 2.65 bits per heavy atom. The van der Waals surface area contributed by atoms with Gasteiger partial charge in [0.2, 0.25) is 0 Å². The second kappa shape index (κ2) is 7.72. The third-order valence-corrected chi connectivity index (χ3v) is 3.24. The first-order valence-electron chi connectivity index (χ1n) is 7.12. The molecule has 108 valence electrons. The van der Waals surface area contributed by atoms with Crippen molar-refractivity contribution in [3.8, 4) is 11.8 Å². The van der Waals surface area contributed by atoms with Gasteiger partial charge in [0.05, 0.1) is 6.54 Å². The van der Waals surface area contributed by atoms with E-state index in [0.717, 1.165) is 29.7 Å². The fourth-order valence-corrected chi connectivity index (χ4v) is 2.14. The van der Waals surface area contributed by atoms with Gasteiger partial charge in [0.1, 0.15) is 0 Å². The number of rotatable bonds is 4. The molecule has 1 rings (SSSR count). The number of hydrogen-bond donors (Lipinski definition) is 1. The molecule has 3 nitrogen and oxygen atoms in total. The Morgan fingerprint density at radius 2 is 2.10 bits per heavy atom. The van der Waals surface area contributed by atoms with Crippen molar-refractivity contribution in [2.24, 2.45) is 5.73 Å². The highest BCUT2D eigenvalue weighted by atomic mass is 16.2. The quantitative estimate of drug-likeness (QED) is 0.856. The molecule has 0 bridgehead atoms. The van der Waals surface area contributed by atoms with Crippen LogP contribution in [0.15, 0.2) is 18.2 Å².